The van der Waals surface area contributed by atoms with E-state index in [2.05, 4.69) is 84.3 Å². The van der Waals surface area contributed by atoms with Crippen molar-refractivity contribution >= 4 is 21.8 Å². The topological polar surface area (TPSA) is 4.93 Å². The Morgan fingerprint density at radius 1 is 0.667 bits per heavy atom. The molecule has 0 N–H and O–H groups in total. The molecule has 0 unspecified atom stereocenters. The summed E-state index contributed by atoms with van der Waals surface area (Å²) in [6.45, 7) is 3.94. The molecule has 0 aliphatic heterocycles. The molecule has 4 rings (SSSR count). The SMILES string of the molecule is [CH2]Cc1ccc(-n2c3ccccc3c3ccccc32)cc1. The van der Waals surface area contributed by atoms with E-state index in [1.807, 2.05) is 0 Å². The van der Waals surface area contributed by atoms with Crippen molar-refractivity contribution in [2.45, 2.75) is 6.42 Å². The molecule has 1 heterocycles. The van der Waals surface area contributed by atoms with Crippen LogP contribution in [0.3, 0.4) is 0 Å². The molecule has 1 nitrogen and oxygen atoms in total. The highest BCUT2D eigenvalue weighted by Crippen LogP contribution is 2.31. The summed E-state index contributed by atoms with van der Waals surface area (Å²) in [7, 11) is 0. The predicted molar refractivity (Wildman–Crippen MR) is 89.8 cm³/mol. The molecule has 0 saturated carbocycles. The maximum Gasteiger partial charge on any atom is 0.0541 e. The molecule has 0 fully saturated rings. The minimum atomic E-state index is 0.827. The van der Waals surface area contributed by atoms with Crippen LogP contribution in [0.5, 0.6) is 0 Å². The molecular weight excluding hydrogens is 254 g/mol. The molecule has 0 atom stereocenters. The fourth-order valence-corrected chi connectivity index (χ4v) is 3.01. The second-order valence-corrected chi connectivity index (χ2v) is 5.29. The van der Waals surface area contributed by atoms with Gasteiger partial charge in [-0.2, -0.15) is 0 Å². The number of benzene rings is 3. The fourth-order valence-electron chi connectivity index (χ4n) is 3.01. The van der Waals surface area contributed by atoms with E-state index in [0.29, 0.717) is 0 Å². The number of nitrogens with zero attached hydrogens (tertiary/aromatic N) is 1. The largest absolute Gasteiger partial charge is 0.309 e. The smallest absolute Gasteiger partial charge is 0.0541 e. The van der Waals surface area contributed by atoms with Crippen LogP contribution in [0.4, 0.5) is 0 Å². The van der Waals surface area contributed by atoms with Crippen LogP contribution in [-0.4, -0.2) is 4.57 Å². The number of fused-ring (bicyclic) bond motifs is 3. The quantitative estimate of drug-likeness (QED) is 0.474. The first kappa shape index (κ1) is 12.2. The summed E-state index contributed by atoms with van der Waals surface area (Å²) < 4.78 is 2.33. The van der Waals surface area contributed by atoms with Crippen LogP contribution in [0.15, 0.2) is 72.8 Å². The number of hydrogen-bond acceptors (Lipinski definition) is 0. The first-order valence-corrected chi connectivity index (χ1v) is 7.25. The summed E-state index contributed by atoms with van der Waals surface area (Å²) in [5.41, 5.74) is 4.96. The molecule has 101 valence electrons. The van der Waals surface area contributed by atoms with Gasteiger partial charge >= 0.3 is 0 Å². The van der Waals surface area contributed by atoms with E-state index in [0.717, 1.165) is 6.42 Å². The van der Waals surface area contributed by atoms with Crippen LogP contribution in [-0.2, 0) is 6.42 Å². The number of aromatic nitrogens is 1. The zero-order valence-corrected chi connectivity index (χ0v) is 11.8. The highest BCUT2D eigenvalue weighted by Gasteiger charge is 2.10. The Hall–Kier alpha value is -2.54. The second-order valence-electron chi connectivity index (χ2n) is 5.29. The fraction of sp³-hybridized carbons (Fsp3) is 0.0500. The third kappa shape index (κ3) is 1.85. The number of para-hydroxylation sites is 2. The zero-order chi connectivity index (χ0) is 14.2. The molecule has 0 aliphatic carbocycles. The van der Waals surface area contributed by atoms with Gasteiger partial charge in [-0.3, -0.25) is 0 Å². The van der Waals surface area contributed by atoms with Gasteiger partial charge in [0.15, 0.2) is 0 Å². The highest BCUT2D eigenvalue weighted by molar-refractivity contribution is 6.09. The molecular formula is C20H16N. The van der Waals surface area contributed by atoms with Gasteiger partial charge < -0.3 is 4.57 Å². The minimum absolute atomic E-state index is 0.827. The van der Waals surface area contributed by atoms with E-state index in [4.69, 9.17) is 0 Å². The van der Waals surface area contributed by atoms with Gasteiger partial charge in [0.2, 0.25) is 0 Å². The van der Waals surface area contributed by atoms with Crippen molar-refractivity contribution in [3.05, 3.63) is 85.3 Å². The predicted octanol–water partition coefficient (Wildman–Crippen LogP) is 5.16. The van der Waals surface area contributed by atoms with Crippen LogP contribution < -0.4 is 0 Å². The van der Waals surface area contributed by atoms with E-state index in [1.54, 1.807) is 0 Å². The lowest BCUT2D eigenvalue weighted by atomic mass is 10.1. The maximum atomic E-state index is 3.94. The van der Waals surface area contributed by atoms with Crippen LogP contribution in [0.1, 0.15) is 5.56 Å². The van der Waals surface area contributed by atoms with Crippen molar-refractivity contribution in [2.75, 3.05) is 0 Å². The normalized spacial score (nSPS) is 11.3. The standard InChI is InChI=1S/C20H16N/c1-2-15-11-13-16(14-12-15)21-19-9-5-3-7-17(19)18-8-4-6-10-20(18)21/h3-14H,1-2H2. The van der Waals surface area contributed by atoms with Gasteiger partial charge in [0.05, 0.1) is 11.0 Å². The van der Waals surface area contributed by atoms with Crippen LogP contribution in [0.2, 0.25) is 0 Å². The lowest BCUT2D eigenvalue weighted by Gasteiger charge is -2.08. The Labute approximate surface area is 124 Å². The molecule has 3 aromatic carbocycles. The van der Waals surface area contributed by atoms with Gasteiger partial charge in [-0.05, 0) is 43.2 Å². The molecule has 4 aromatic rings. The molecule has 0 spiro atoms. The van der Waals surface area contributed by atoms with E-state index < -0.39 is 0 Å². The van der Waals surface area contributed by atoms with Crippen LogP contribution >= 0.6 is 0 Å². The number of hydrogen-bond donors (Lipinski definition) is 0. The average molecular weight is 270 g/mol. The summed E-state index contributed by atoms with van der Waals surface area (Å²) in [4.78, 5) is 0. The second kappa shape index (κ2) is 4.78. The minimum Gasteiger partial charge on any atom is -0.309 e. The Morgan fingerprint density at radius 3 is 1.71 bits per heavy atom. The zero-order valence-electron chi connectivity index (χ0n) is 11.8. The third-order valence-electron chi connectivity index (χ3n) is 4.06. The molecule has 1 aromatic heterocycles. The maximum absolute atomic E-state index is 3.94. The number of rotatable bonds is 2. The Balaban J connectivity index is 2.09. The van der Waals surface area contributed by atoms with Crippen molar-refractivity contribution in [1.82, 2.24) is 4.57 Å². The Bertz CT molecular complexity index is 860. The first-order valence-electron chi connectivity index (χ1n) is 7.25. The molecule has 0 amide bonds. The molecule has 0 aliphatic rings. The van der Waals surface area contributed by atoms with Gasteiger partial charge in [0.1, 0.15) is 0 Å². The molecule has 21 heavy (non-hydrogen) atoms. The molecule has 1 radical (unpaired) electrons. The molecule has 0 bridgehead atoms. The summed E-state index contributed by atoms with van der Waals surface area (Å²) in [6.07, 6.45) is 0.827. The van der Waals surface area contributed by atoms with Crippen LogP contribution in [0.25, 0.3) is 27.5 Å². The van der Waals surface area contributed by atoms with E-state index in [1.165, 1.54) is 33.1 Å². The summed E-state index contributed by atoms with van der Waals surface area (Å²) in [5.74, 6) is 0. The summed E-state index contributed by atoms with van der Waals surface area (Å²) in [5, 5.41) is 2.60. The van der Waals surface area contributed by atoms with E-state index in [9.17, 15) is 0 Å². The monoisotopic (exact) mass is 270 g/mol. The summed E-state index contributed by atoms with van der Waals surface area (Å²) >= 11 is 0. The van der Waals surface area contributed by atoms with Crippen LogP contribution in [0, 0.1) is 6.92 Å². The van der Waals surface area contributed by atoms with Crippen molar-refractivity contribution in [1.29, 1.82) is 0 Å². The first-order chi connectivity index (χ1) is 10.4. The molecule has 1 heteroatoms. The van der Waals surface area contributed by atoms with E-state index >= 15 is 0 Å². The van der Waals surface area contributed by atoms with Crippen molar-refractivity contribution in [2.24, 2.45) is 0 Å². The van der Waals surface area contributed by atoms with Gasteiger partial charge in [0, 0.05) is 16.5 Å². The highest BCUT2D eigenvalue weighted by atomic mass is 15.0. The molecule has 0 saturated heterocycles. The van der Waals surface area contributed by atoms with Gasteiger partial charge in [-0.25, -0.2) is 0 Å². The Kier molecular flexibility index (Phi) is 2.78. The van der Waals surface area contributed by atoms with Gasteiger partial charge in [-0.1, -0.05) is 48.5 Å². The van der Waals surface area contributed by atoms with Gasteiger partial charge in [-0.15, -0.1) is 0 Å². The van der Waals surface area contributed by atoms with E-state index in [-0.39, 0.29) is 0 Å². The average Bonchev–Trinajstić information content (AvgIpc) is 2.90. The van der Waals surface area contributed by atoms with Gasteiger partial charge in [0.25, 0.3) is 0 Å². The van der Waals surface area contributed by atoms with Crippen molar-refractivity contribution in [3.63, 3.8) is 0 Å². The Morgan fingerprint density at radius 2 is 1.19 bits per heavy atom. The summed E-state index contributed by atoms with van der Waals surface area (Å²) in [6, 6.07) is 25.8. The lowest BCUT2D eigenvalue weighted by molar-refractivity contribution is 1.16. The lowest BCUT2D eigenvalue weighted by Crippen LogP contribution is -1.93. The third-order valence-corrected chi connectivity index (χ3v) is 4.06. The van der Waals surface area contributed by atoms with Crippen molar-refractivity contribution in [3.8, 4) is 5.69 Å². The van der Waals surface area contributed by atoms with Crippen molar-refractivity contribution < 1.29 is 0 Å².